The van der Waals surface area contributed by atoms with Crippen LogP contribution in [-0.4, -0.2) is 49.2 Å². The zero-order chi connectivity index (χ0) is 13.8. The van der Waals surface area contributed by atoms with E-state index in [0.717, 1.165) is 44.2 Å². The molecule has 0 saturated carbocycles. The Hall–Kier alpha value is -1.13. The number of pyridine rings is 1. The van der Waals surface area contributed by atoms with Gasteiger partial charge in [0.1, 0.15) is 5.82 Å². The van der Waals surface area contributed by atoms with Gasteiger partial charge in [-0.25, -0.2) is 4.98 Å². The fourth-order valence-electron chi connectivity index (χ4n) is 2.29. The smallest absolute Gasteiger partial charge is 0.128 e. The lowest BCUT2D eigenvalue weighted by molar-refractivity contribution is 0.312. The number of anilines is 1. The van der Waals surface area contributed by atoms with E-state index >= 15 is 0 Å². The Morgan fingerprint density at radius 3 is 2.47 bits per heavy atom. The van der Waals surface area contributed by atoms with Gasteiger partial charge < -0.3 is 15.1 Å². The Labute approximate surface area is 116 Å². The average Bonchev–Trinajstić information content (AvgIpc) is 2.38. The molecule has 4 heteroatoms. The predicted molar refractivity (Wildman–Crippen MR) is 80.7 cm³/mol. The highest BCUT2D eigenvalue weighted by atomic mass is 15.3. The lowest BCUT2D eigenvalue weighted by Gasteiger charge is -2.33. The molecule has 0 amide bonds. The van der Waals surface area contributed by atoms with E-state index in [4.69, 9.17) is 4.98 Å². The topological polar surface area (TPSA) is 31.4 Å². The molecule has 4 nitrogen and oxygen atoms in total. The van der Waals surface area contributed by atoms with E-state index in [1.807, 2.05) is 0 Å². The van der Waals surface area contributed by atoms with Crippen LogP contribution in [0, 0.1) is 6.92 Å². The van der Waals surface area contributed by atoms with Crippen molar-refractivity contribution in [2.24, 2.45) is 0 Å². The van der Waals surface area contributed by atoms with E-state index < -0.39 is 0 Å². The molecule has 0 aromatic carbocycles. The molecule has 1 saturated heterocycles. The van der Waals surface area contributed by atoms with Gasteiger partial charge in [0.25, 0.3) is 0 Å². The molecule has 2 heterocycles. The third-order valence-electron chi connectivity index (χ3n) is 3.71. The minimum atomic E-state index is 0.511. The number of aromatic nitrogens is 1. The first kappa shape index (κ1) is 14.3. The molecule has 1 aromatic rings. The van der Waals surface area contributed by atoms with Crippen LogP contribution < -0.4 is 10.2 Å². The molecule has 106 valence electrons. The summed E-state index contributed by atoms with van der Waals surface area (Å²) >= 11 is 0. The number of hydrogen-bond donors (Lipinski definition) is 1. The van der Waals surface area contributed by atoms with Crippen LogP contribution in [-0.2, 0) is 6.54 Å². The highest BCUT2D eigenvalue weighted by Crippen LogP contribution is 2.16. The van der Waals surface area contributed by atoms with Gasteiger partial charge >= 0.3 is 0 Å². The van der Waals surface area contributed by atoms with Crippen molar-refractivity contribution in [1.29, 1.82) is 0 Å². The van der Waals surface area contributed by atoms with Crippen LogP contribution in [0.25, 0.3) is 0 Å². The summed E-state index contributed by atoms with van der Waals surface area (Å²) in [6, 6.07) is 4.89. The van der Waals surface area contributed by atoms with Crippen LogP contribution in [0.2, 0.25) is 0 Å². The first-order chi connectivity index (χ1) is 9.06. The summed E-state index contributed by atoms with van der Waals surface area (Å²) in [4.78, 5) is 9.51. The van der Waals surface area contributed by atoms with E-state index in [0.29, 0.717) is 6.04 Å². The van der Waals surface area contributed by atoms with Crippen molar-refractivity contribution in [2.75, 3.05) is 38.1 Å². The molecular weight excluding hydrogens is 236 g/mol. The van der Waals surface area contributed by atoms with Gasteiger partial charge in [-0.15, -0.1) is 0 Å². The molecule has 19 heavy (non-hydrogen) atoms. The highest BCUT2D eigenvalue weighted by Gasteiger charge is 2.15. The summed E-state index contributed by atoms with van der Waals surface area (Å²) in [7, 11) is 2.18. The summed E-state index contributed by atoms with van der Waals surface area (Å²) in [6.45, 7) is 11.7. The number of rotatable bonds is 4. The number of piperazine rings is 1. The summed E-state index contributed by atoms with van der Waals surface area (Å²) in [6.07, 6.45) is 0. The van der Waals surface area contributed by atoms with Crippen molar-refractivity contribution in [3.8, 4) is 0 Å². The maximum absolute atomic E-state index is 4.77. The maximum Gasteiger partial charge on any atom is 0.128 e. The monoisotopic (exact) mass is 262 g/mol. The zero-order valence-electron chi connectivity index (χ0n) is 12.6. The average molecular weight is 262 g/mol. The Kier molecular flexibility index (Phi) is 4.77. The summed E-state index contributed by atoms with van der Waals surface area (Å²) in [5, 5.41) is 3.45. The Morgan fingerprint density at radius 1 is 1.21 bits per heavy atom. The third kappa shape index (κ3) is 3.91. The minimum Gasteiger partial charge on any atom is -0.354 e. The molecule has 0 spiro atoms. The maximum atomic E-state index is 4.77. The Bertz CT molecular complexity index is 409. The lowest BCUT2D eigenvalue weighted by Crippen LogP contribution is -2.44. The lowest BCUT2D eigenvalue weighted by atomic mass is 10.2. The molecule has 1 fully saturated rings. The molecule has 2 rings (SSSR count). The third-order valence-corrected chi connectivity index (χ3v) is 3.71. The number of likely N-dealkylation sites (N-methyl/N-ethyl adjacent to an activating group) is 1. The highest BCUT2D eigenvalue weighted by molar-refractivity contribution is 5.42. The number of aryl methyl sites for hydroxylation is 1. The predicted octanol–water partition coefficient (Wildman–Crippen LogP) is 1.64. The second kappa shape index (κ2) is 6.35. The van der Waals surface area contributed by atoms with E-state index in [-0.39, 0.29) is 0 Å². The van der Waals surface area contributed by atoms with E-state index in [2.05, 4.69) is 55.1 Å². The van der Waals surface area contributed by atoms with Crippen LogP contribution in [0.1, 0.15) is 25.1 Å². The Morgan fingerprint density at radius 2 is 1.89 bits per heavy atom. The molecule has 0 atom stereocenters. The fraction of sp³-hybridized carbons (Fsp3) is 0.667. The van der Waals surface area contributed by atoms with E-state index in [9.17, 15) is 0 Å². The molecule has 0 aliphatic carbocycles. The zero-order valence-corrected chi connectivity index (χ0v) is 12.6. The summed E-state index contributed by atoms with van der Waals surface area (Å²) in [5.74, 6) is 1.12. The first-order valence-electron chi connectivity index (χ1n) is 7.19. The SMILES string of the molecule is Cc1nc(N2CCN(C)CC2)ccc1CNC(C)C. The first-order valence-corrected chi connectivity index (χ1v) is 7.19. The molecule has 1 aliphatic heterocycles. The molecule has 1 aromatic heterocycles. The largest absolute Gasteiger partial charge is 0.354 e. The van der Waals surface area contributed by atoms with Gasteiger partial charge in [-0.05, 0) is 25.6 Å². The molecule has 0 bridgehead atoms. The van der Waals surface area contributed by atoms with Crippen molar-refractivity contribution in [1.82, 2.24) is 15.2 Å². The van der Waals surface area contributed by atoms with Gasteiger partial charge in [-0.1, -0.05) is 19.9 Å². The van der Waals surface area contributed by atoms with E-state index in [1.165, 1.54) is 5.56 Å². The van der Waals surface area contributed by atoms with Crippen molar-refractivity contribution in [3.05, 3.63) is 23.4 Å². The van der Waals surface area contributed by atoms with Crippen molar-refractivity contribution in [3.63, 3.8) is 0 Å². The van der Waals surface area contributed by atoms with Gasteiger partial charge in [-0.2, -0.15) is 0 Å². The number of hydrogen-bond acceptors (Lipinski definition) is 4. The summed E-state index contributed by atoms with van der Waals surface area (Å²) in [5.41, 5.74) is 2.44. The minimum absolute atomic E-state index is 0.511. The van der Waals surface area contributed by atoms with Crippen LogP contribution in [0.4, 0.5) is 5.82 Å². The molecule has 1 N–H and O–H groups in total. The van der Waals surface area contributed by atoms with Gasteiger partial charge in [0.05, 0.1) is 0 Å². The van der Waals surface area contributed by atoms with Crippen molar-refractivity contribution in [2.45, 2.75) is 33.4 Å². The second-order valence-corrected chi connectivity index (χ2v) is 5.74. The summed E-state index contributed by atoms with van der Waals surface area (Å²) < 4.78 is 0. The Balaban J connectivity index is 2.02. The quantitative estimate of drug-likeness (QED) is 0.894. The molecular formula is C15H26N4. The van der Waals surface area contributed by atoms with Crippen molar-refractivity contribution >= 4 is 5.82 Å². The van der Waals surface area contributed by atoms with Crippen LogP contribution in [0.5, 0.6) is 0 Å². The van der Waals surface area contributed by atoms with Crippen LogP contribution in [0.15, 0.2) is 12.1 Å². The van der Waals surface area contributed by atoms with Gasteiger partial charge in [-0.3, -0.25) is 0 Å². The van der Waals surface area contributed by atoms with Crippen molar-refractivity contribution < 1.29 is 0 Å². The standard InChI is InChI=1S/C15H26N4/c1-12(2)16-11-14-5-6-15(17-13(14)3)19-9-7-18(4)8-10-19/h5-6,12,16H,7-11H2,1-4H3. The number of nitrogens with one attached hydrogen (secondary N) is 1. The fourth-order valence-corrected chi connectivity index (χ4v) is 2.29. The van der Waals surface area contributed by atoms with Gasteiger partial charge in [0.2, 0.25) is 0 Å². The van der Waals surface area contributed by atoms with Gasteiger partial charge in [0.15, 0.2) is 0 Å². The molecule has 0 unspecified atom stereocenters. The normalized spacial score (nSPS) is 17.2. The van der Waals surface area contributed by atoms with Gasteiger partial charge in [0, 0.05) is 44.5 Å². The van der Waals surface area contributed by atoms with E-state index in [1.54, 1.807) is 0 Å². The van der Waals surface area contributed by atoms with Crippen LogP contribution >= 0.6 is 0 Å². The number of nitrogens with zero attached hydrogens (tertiary/aromatic N) is 3. The van der Waals surface area contributed by atoms with Crippen LogP contribution in [0.3, 0.4) is 0 Å². The molecule has 0 radical (unpaired) electrons. The molecule has 1 aliphatic rings. The second-order valence-electron chi connectivity index (χ2n) is 5.74.